The number of nitrogens with zero attached hydrogens (tertiary/aromatic N) is 2. The highest BCUT2D eigenvalue weighted by Crippen LogP contribution is 2.22. The van der Waals surface area contributed by atoms with Gasteiger partial charge in [0, 0.05) is 12.6 Å². The largest absolute Gasteiger partial charge is 0.494 e. The first-order valence-corrected chi connectivity index (χ1v) is 15.9. The minimum absolute atomic E-state index is 0.00657. The van der Waals surface area contributed by atoms with Gasteiger partial charge in [0.2, 0.25) is 31.9 Å². The molecule has 1 atom stereocenters. The van der Waals surface area contributed by atoms with Gasteiger partial charge in [0.25, 0.3) is 0 Å². The number of anilines is 2. The Morgan fingerprint density at radius 3 is 1.49 bits per heavy atom. The highest BCUT2D eigenvalue weighted by Gasteiger charge is 2.23. The summed E-state index contributed by atoms with van der Waals surface area (Å²) in [7, 11) is -7.53. The summed E-state index contributed by atoms with van der Waals surface area (Å²) >= 11 is 0. The molecule has 0 fully saturated rings. The third kappa shape index (κ3) is 10.3. The number of ether oxygens (including phenoxy) is 2. The van der Waals surface area contributed by atoms with Gasteiger partial charge >= 0.3 is 0 Å². The van der Waals surface area contributed by atoms with E-state index in [2.05, 4.69) is 10.6 Å². The highest BCUT2D eigenvalue weighted by atomic mass is 32.2. The summed E-state index contributed by atoms with van der Waals surface area (Å²) in [6.45, 7) is 5.26. The number of carbonyl (C=O) groups excluding carboxylic acids is 2. The van der Waals surface area contributed by atoms with E-state index in [0.29, 0.717) is 36.1 Å². The van der Waals surface area contributed by atoms with Crippen LogP contribution in [0.2, 0.25) is 0 Å². The van der Waals surface area contributed by atoms with Crippen LogP contribution in [0, 0.1) is 0 Å². The lowest BCUT2D eigenvalue weighted by atomic mass is 10.3. The number of amides is 2. The molecule has 2 aromatic carbocycles. The molecule has 0 aliphatic heterocycles. The van der Waals surface area contributed by atoms with Crippen LogP contribution in [-0.4, -0.2) is 80.1 Å². The predicted octanol–water partition coefficient (Wildman–Crippen LogP) is 1.34. The molecule has 0 aliphatic rings. The van der Waals surface area contributed by atoms with Gasteiger partial charge in [0.1, 0.15) is 24.6 Å². The minimum Gasteiger partial charge on any atom is -0.494 e. The Morgan fingerprint density at radius 2 is 1.13 bits per heavy atom. The van der Waals surface area contributed by atoms with Crippen molar-refractivity contribution in [2.45, 2.75) is 26.8 Å². The van der Waals surface area contributed by atoms with Gasteiger partial charge in [-0.15, -0.1) is 0 Å². The monoisotopic (exact) mass is 584 g/mol. The second-order valence-electron chi connectivity index (χ2n) is 8.67. The summed E-state index contributed by atoms with van der Waals surface area (Å²) in [5, 5.41) is 5.24. The molecule has 14 heteroatoms. The zero-order valence-electron chi connectivity index (χ0n) is 22.7. The third-order valence-electron chi connectivity index (χ3n) is 5.26. The van der Waals surface area contributed by atoms with Gasteiger partial charge in [0.15, 0.2) is 0 Å². The van der Waals surface area contributed by atoms with E-state index in [4.69, 9.17) is 9.47 Å². The van der Waals surface area contributed by atoms with E-state index < -0.39 is 51.0 Å². The zero-order chi connectivity index (χ0) is 29.2. The maximum absolute atomic E-state index is 12.6. The van der Waals surface area contributed by atoms with E-state index in [1.165, 1.54) is 0 Å². The van der Waals surface area contributed by atoms with Gasteiger partial charge in [0.05, 0.1) is 37.1 Å². The summed E-state index contributed by atoms with van der Waals surface area (Å²) in [6.07, 6.45) is 2.00. The van der Waals surface area contributed by atoms with Gasteiger partial charge < -0.3 is 20.1 Å². The fraction of sp³-hybridized carbons (Fsp3) is 0.440. The van der Waals surface area contributed by atoms with Crippen molar-refractivity contribution in [2.75, 3.05) is 54.0 Å². The molecule has 0 aliphatic carbocycles. The molecule has 12 nitrogen and oxygen atoms in total. The summed E-state index contributed by atoms with van der Waals surface area (Å²) < 4.78 is 61.9. The normalized spacial score (nSPS) is 12.2. The average Bonchev–Trinajstić information content (AvgIpc) is 2.85. The molecule has 0 saturated heterocycles. The smallest absolute Gasteiger partial charge is 0.241 e. The molecule has 2 N–H and O–H groups in total. The molecule has 0 bridgehead atoms. The zero-order valence-corrected chi connectivity index (χ0v) is 24.3. The molecule has 39 heavy (non-hydrogen) atoms. The second kappa shape index (κ2) is 14.0. The Kier molecular flexibility index (Phi) is 11.4. The SMILES string of the molecule is CCOc1ccc(N(CC(=O)NC[C@H](C)NC(=O)CN(c2ccc(OCC)cc2)S(C)(=O)=O)S(C)(=O)=O)cc1. The van der Waals surface area contributed by atoms with Crippen LogP contribution in [0.4, 0.5) is 11.4 Å². The molecule has 0 radical (unpaired) electrons. The Morgan fingerprint density at radius 1 is 0.744 bits per heavy atom. The van der Waals surface area contributed by atoms with E-state index in [1.807, 2.05) is 13.8 Å². The van der Waals surface area contributed by atoms with Crippen molar-refractivity contribution >= 4 is 43.2 Å². The summed E-state index contributed by atoms with van der Waals surface area (Å²) in [6, 6.07) is 12.0. The van der Waals surface area contributed by atoms with Crippen LogP contribution >= 0.6 is 0 Å². The Bertz CT molecular complexity index is 1310. The fourth-order valence-corrected chi connectivity index (χ4v) is 5.22. The Hall–Kier alpha value is -3.52. The maximum Gasteiger partial charge on any atom is 0.241 e. The molecule has 0 unspecified atom stereocenters. The van der Waals surface area contributed by atoms with Gasteiger partial charge in [-0.05, 0) is 69.3 Å². The van der Waals surface area contributed by atoms with Crippen LogP contribution in [0.15, 0.2) is 48.5 Å². The number of benzene rings is 2. The molecule has 0 aromatic heterocycles. The van der Waals surface area contributed by atoms with Crippen LogP contribution < -0.4 is 28.7 Å². The molecule has 2 rings (SSSR count). The lowest BCUT2D eigenvalue weighted by Crippen LogP contribution is -2.48. The highest BCUT2D eigenvalue weighted by molar-refractivity contribution is 7.92. The average molecular weight is 585 g/mol. The van der Waals surface area contributed by atoms with Gasteiger partial charge in [-0.25, -0.2) is 16.8 Å². The second-order valence-corrected chi connectivity index (χ2v) is 12.5. The van der Waals surface area contributed by atoms with E-state index >= 15 is 0 Å². The number of sulfonamides is 2. The van der Waals surface area contributed by atoms with Crippen molar-refractivity contribution in [1.29, 1.82) is 0 Å². The molecular formula is C25H36N4O8S2. The third-order valence-corrected chi connectivity index (χ3v) is 7.54. The van der Waals surface area contributed by atoms with Crippen LogP contribution in [-0.2, 0) is 29.6 Å². The quantitative estimate of drug-likeness (QED) is 0.318. The van der Waals surface area contributed by atoms with Crippen molar-refractivity contribution in [2.24, 2.45) is 0 Å². The number of hydrogen-bond donors (Lipinski definition) is 2. The fourth-order valence-electron chi connectivity index (χ4n) is 3.51. The lowest BCUT2D eigenvalue weighted by Gasteiger charge is -2.24. The number of hydrogen-bond acceptors (Lipinski definition) is 8. The first-order valence-electron chi connectivity index (χ1n) is 12.2. The molecule has 216 valence electrons. The molecule has 0 saturated carbocycles. The van der Waals surface area contributed by atoms with Gasteiger partial charge in [-0.2, -0.15) is 0 Å². The van der Waals surface area contributed by atoms with E-state index in [-0.39, 0.29) is 6.54 Å². The van der Waals surface area contributed by atoms with Crippen molar-refractivity contribution in [3.05, 3.63) is 48.5 Å². The van der Waals surface area contributed by atoms with E-state index in [9.17, 15) is 26.4 Å². The molecular weight excluding hydrogens is 548 g/mol. The molecule has 0 spiro atoms. The number of rotatable bonds is 15. The van der Waals surface area contributed by atoms with Crippen molar-refractivity contribution in [3.8, 4) is 11.5 Å². The number of nitrogens with one attached hydrogen (secondary N) is 2. The van der Waals surface area contributed by atoms with Crippen LogP contribution in [0.25, 0.3) is 0 Å². The predicted molar refractivity (Wildman–Crippen MR) is 150 cm³/mol. The molecule has 0 heterocycles. The molecule has 2 aromatic rings. The Balaban J connectivity index is 1.96. The van der Waals surface area contributed by atoms with Crippen LogP contribution in [0.3, 0.4) is 0 Å². The van der Waals surface area contributed by atoms with Gasteiger partial charge in [-0.3, -0.25) is 18.2 Å². The summed E-state index contributed by atoms with van der Waals surface area (Å²) in [5.41, 5.74) is 0.597. The van der Waals surface area contributed by atoms with Crippen LogP contribution in [0.5, 0.6) is 11.5 Å². The Labute approximate surface area is 230 Å². The summed E-state index contributed by atoms with van der Waals surface area (Å²) in [4.78, 5) is 25.2. The molecule has 2 amide bonds. The topological polar surface area (TPSA) is 151 Å². The lowest BCUT2D eigenvalue weighted by molar-refractivity contribution is -0.122. The minimum atomic E-state index is -3.77. The first-order chi connectivity index (χ1) is 18.2. The maximum atomic E-state index is 12.6. The standard InChI is InChI=1S/C25H36N4O8S2/c1-6-36-22-12-8-20(9-13-22)28(38(4,32)33)17-24(30)26-16-19(3)27-25(31)18-29(39(5,34)35)21-10-14-23(15-11-21)37-7-2/h8-15,19H,6-7,16-18H2,1-5H3,(H,26,30)(H,27,31)/t19-/m0/s1. The summed E-state index contributed by atoms with van der Waals surface area (Å²) in [5.74, 6) is -0.0214. The van der Waals surface area contributed by atoms with Gasteiger partial charge in [-0.1, -0.05) is 0 Å². The van der Waals surface area contributed by atoms with Crippen molar-refractivity contribution < 1.29 is 35.9 Å². The van der Waals surface area contributed by atoms with Crippen molar-refractivity contribution in [1.82, 2.24) is 10.6 Å². The van der Waals surface area contributed by atoms with E-state index in [0.717, 1.165) is 21.1 Å². The van der Waals surface area contributed by atoms with Crippen molar-refractivity contribution in [3.63, 3.8) is 0 Å². The van der Waals surface area contributed by atoms with E-state index in [1.54, 1.807) is 55.5 Å². The number of carbonyl (C=O) groups is 2. The van der Waals surface area contributed by atoms with Crippen LogP contribution in [0.1, 0.15) is 20.8 Å². The first kappa shape index (κ1) is 31.7.